The summed E-state index contributed by atoms with van der Waals surface area (Å²) in [5.74, 6) is -1.13. The number of rotatable bonds is 9. The van der Waals surface area contributed by atoms with Gasteiger partial charge < -0.3 is 25.3 Å². The second-order valence-electron chi connectivity index (χ2n) is 9.00. The number of amidine groups is 1. The van der Waals surface area contributed by atoms with Gasteiger partial charge in [-0.2, -0.15) is 0 Å². The number of aromatic nitrogens is 3. The molecule has 2 aliphatic rings. The first-order valence-corrected chi connectivity index (χ1v) is 12.1. The number of nitrogens with two attached hydrogens (primary N) is 1. The molecule has 1 aliphatic carbocycles. The standard InChI is InChI=1S/C24H26F2N6O3S/c1-23(18-9-24(18,11-34-3)36-22(27)32-23)15-6-13(7-16(25)19(15)26)31-21-20-17(29-12-30-21)8-14(10-28-20)35-5-4-33-2/h6-8,10,12,18H,4-5,9,11H2,1-3H3,(H2,27,32)(H,29,30,31)/t18-,23-,24+/m0/s1. The molecule has 0 unspecified atom stereocenters. The van der Waals surface area contributed by atoms with E-state index in [1.807, 2.05) is 0 Å². The van der Waals surface area contributed by atoms with Gasteiger partial charge in [0.05, 0.1) is 35.2 Å². The first-order valence-electron chi connectivity index (χ1n) is 11.3. The predicted octanol–water partition coefficient (Wildman–Crippen LogP) is 3.75. The molecule has 3 atom stereocenters. The Morgan fingerprint density at radius 2 is 1.97 bits per heavy atom. The number of pyridine rings is 1. The van der Waals surface area contributed by atoms with Crippen LogP contribution in [0.25, 0.3) is 11.0 Å². The van der Waals surface area contributed by atoms with E-state index in [1.165, 1.54) is 18.1 Å². The summed E-state index contributed by atoms with van der Waals surface area (Å²) < 4.78 is 45.7. The van der Waals surface area contributed by atoms with Crippen LogP contribution in [0.4, 0.5) is 20.3 Å². The summed E-state index contributed by atoms with van der Waals surface area (Å²) >= 11 is 1.44. The van der Waals surface area contributed by atoms with Gasteiger partial charge in [0, 0.05) is 43.5 Å². The summed E-state index contributed by atoms with van der Waals surface area (Å²) in [5, 5.41) is 3.40. The number of ether oxygens (including phenoxy) is 3. The van der Waals surface area contributed by atoms with Crippen molar-refractivity contribution < 1.29 is 23.0 Å². The van der Waals surface area contributed by atoms with E-state index in [0.717, 1.165) is 12.5 Å². The zero-order valence-electron chi connectivity index (χ0n) is 20.0. The molecule has 3 heterocycles. The number of thioether (sulfide) groups is 1. The fourth-order valence-corrected chi connectivity index (χ4v) is 6.28. The minimum atomic E-state index is -1.04. The van der Waals surface area contributed by atoms with Gasteiger partial charge >= 0.3 is 0 Å². The van der Waals surface area contributed by atoms with Crippen LogP contribution >= 0.6 is 11.8 Å². The lowest BCUT2D eigenvalue weighted by Crippen LogP contribution is -2.37. The lowest BCUT2D eigenvalue weighted by molar-refractivity contribution is 0.146. The minimum Gasteiger partial charge on any atom is -0.489 e. The number of hydrogen-bond donors (Lipinski definition) is 2. The van der Waals surface area contributed by atoms with Gasteiger partial charge in [-0.05, 0) is 19.4 Å². The fraction of sp³-hybridized carbons (Fsp3) is 0.417. The van der Waals surface area contributed by atoms with Crippen molar-refractivity contribution in [2.24, 2.45) is 16.6 Å². The number of nitrogens with one attached hydrogen (secondary N) is 1. The molecule has 3 N–H and O–H groups in total. The highest BCUT2D eigenvalue weighted by Crippen LogP contribution is 2.66. The van der Waals surface area contributed by atoms with Gasteiger partial charge in [-0.3, -0.25) is 4.99 Å². The first kappa shape index (κ1) is 24.6. The summed E-state index contributed by atoms with van der Waals surface area (Å²) in [4.78, 5) is 17.5. The van der Waals surface area contributed by atoms with Crippen LogP contribution in [0.2, 0.25) is 0 Å². The number of fused-ring (bicyclic) bond motifs is 2. The Kier molecular flexibility index (Phi) is 6.43. The SMILES string of the molecule is COCCOc1cnc2c(Nc3cc(F)c(F)c([C@]4(C)N=C(N)S[C@@]5(COC)C[C@H]54)c3)ncnc2c1. The Balaban J connectivity index is 1.48. The highest BCUT2D eigenvalue weighted by Gasteiger charge is 2.66. The summed E-state index contributed by atoms with van der Waals surface area (Å²) in [6.45, 7) is 3.05. The molecule has 12 heteroatoms. The van der Waals surface area contributed by atoms with Crippen molar-refractivity contribution in [3.63, 3.8) is 0 Å². The van der Waals surface area contributed by atoms with E-state index in [-0.39, 0.29) is 16.2 Å². The normalized spacial score (nSPS) is 24.8. The molecular weight excluding hydrogens is 490 g/mol. The van der Waals surface area contributed by atoms with Crippen LogP contribution < -0.4 is 15.8 Å². The molecule has 3 aromatic rings. The lowest BCUT2D eigenvalue weighted by Gasteiger charge is -2.34. The zero-order chi connectivity index (χ0) is 25.5. The van der Waals surface area contributed by atoms with Crippen LogP contribution in [0.5, 0.6) is 5.75 Å². The van der Waals surface area contributed by atoms with Crippen molar-refractivity contribution in [1.29, 1.82) is 0 Å². The maximum atomic E-state index is 15.2. The molecule has 1 saturated carbocycles. The predicted molar refractivity (Wildman–Crippen MR) is 134 cm³/mol. The topological polar surface area (TPSA) is 117 Å². The quantitative estimate of drug-likeness (QED) is 0.410. The number of nitrogens with zero attached hydrogens (tertiary/aromatic N) is 4. The average molecular weight is 517 g/mol. The minimum absolute atomic E-state index is 0.0514. The van der Waals surface area contributed by atoms with Crippen LogP contribution in [-0.2, 0) is 15.0 Å². The molecule has 0 radical (unpaired) electrons. The smallest absolute Gasteiger partial charge is 0.164 e. The van der Waals surface area contributed by atoms with E-state index in [4.69, 9.17) is 19.9 Å². The first-order chi connectivity index (χ1) is 17.3. The lowest BCUT2D eigenvalue weighted by atomic mass is 9.85. The highest BCUT2D eigenvalue weighted by atomic mass is 32.2. The average Bonchev–Trinajstić information content (AvgIpc) is 3.56. The second kappa shape index (κ2) is 9.41. The summed E-state index contributed by atoms with van der Waals surface area (Å²) in [6.07, 6.45) is 3.64. The third kappa shape index (κ3) is 4.33. The molecule has 1 aliphatic heterocycles. The van der Waals surface area contributed by atoms with Crippen molar-refractivity contribution >= 4 is 39.5 Å². The van der Waals surface area contributed by atoms with Crippen LogP contribution in [-0.4, -0.2) is 58.9 Å². The Morgan fingerprint density at radius 3 is 2.75 bits per heavy atom. The van der Waals surface area contributed by atoms with Crippen molar-refractivity contribution in [2.75, 3.05) is 39.4 Å². The van der Waals surface area contributed by atoms with E-state index in [1.54, 1.807) is 39.5 Å². The molecule has 0 bridgehead atoms. The molecule has 9 nitrogen and oxygen atoms in total. The molecule has 1 fully saturated rings. The van der Waals surface area contributed by atoms with Crippen molar-refractivity contribution in [3.05, 3.63) is 47.9 Å². The number of methoxy groups -OCH3 is 2. The van der Waals surface area contributed by atoms with Crippen molar-refractivity contribution in [1.82, 2.24) is 15.0 Å². The third-order valence-corrected chi connectivity index (χ3v) is 7.86. The number of benzene rings is 1. The maximum Gasteiger partial charge on any atom is 0.164 e. The monoisotopic (exact) mass is 516 g/mol. The largest absolute Gasteiger partial charge is 0.489 e. The van der Waals surface area contributed by atoms with E-state index in [2.05, 4.69) is 25.3 Å². The fourth-order valence-electron chi connectivity index (χ4n) is 4.83. The molecule has 0 amide bonds. The maximum absolute atomic E-state index is 15.2. The Bertz CT molecular complexity index is 1340. The number of hydrogen-bond acceptors (Lipinski definition) is 10. The van der Waals surface area contributed by atoms with E-state index in [9.17, 15) is 4.39 Å². The molecule has 1 aromatic carbocycles. The third-order valence-electron chi connectivity index (χ3n) is 6.58. The van der Waals surface area contributed by atoms with Gasteiger partial charge in [0.1, 0.15) is 24.2 Å². The van der Waals surface area contributed by atoms with Crippen LogP contribution in [0.1, 0.15) is 18.9 Å². The summed E-state index contributed by atoms with van der Waals surface area (Å²) in [6, 6.07) is 4.36. The van der Waals surface area contributed by atoms with Gasteiger partial charge in [0.25, 0.3) is 0 Å². The Labute approximate surface area is 210 Å². The molecule has 2 aromatic heterocycles. The van der Waals surface area contributed by atoms with E-state index < -0.39 is 17.2 Å². The number of aliphatic imine (C=N–C) groups is 1. The Hall–Kier alpha value is -3.09. The van der Waals surface area contributed by atoms with Crippen molar-refractivity contribution in [2.45, 2.75) is 23.6 Å². The number of anilines is 2. The van der Waals surface area contributed by atoms with Crippen LogP contribution in [0, 0.1) is 17.6 Å². The Morgan fingerprint density at radius 1 is 1.14 bits per heavy atom. The molecule has 5 rings (SSSR count). The van der Waals surface area contributed by atoms with Crippen molar-refractivity contribution in [3.8, 4) is 5.75 Å². The summed E-state index contributed by atoms with van der Waals surface area (Å²) in [7, 11) is 3.20. The van der Waals surface area contributed by atoms with Crippen LogP contribution in [0.15, 0.2) is 35.7 Å². The van der Waals surface area contributed by atoms with E-state index in [0.29, 0.717) is 53.3 Å². The number of halogens is 2. The second-order valence-corrected chi connectivity index (χ2v) is 10.4. The molecule has 190 valence electrons. The van der Waals surface area contributed by atoms with Gasteiger partial charge in [-0.25, -0.2) is 23.7 Å². The highest BCUT2D eigenvalue weighted by molar-refractivity contribution is 8.15. The van der Waals surface area contributed by atoms with Gasteiger partial charge in [0.2, 0.25) is 0 Å². The molecule has 36 heavy (non-hydrogen) atoms. The van der Waals surface area contributed by atoms with Gasteiger partial charge in [0.15, 0.2) is 22.6 Å². The van der Waals surface area contributed by atoms with Crippen LogP contribution in [0.3, 0.4) is 0 Å². The van der Waals surface area contributed by atoms with Gasteiger partial charge in [-0.15, -0.1) is 0 Å². The summed E-state index contributed by atoms with van der Waals surface area (Å²) in [5.41, 5.74) is 6.49. The zero-order valence-corrected chi connectivity index (χ0v) is 20.9. The van der Waals surface area contributed by atoms with Gasteiger partial charge in [-0.1, -0.05) is 11.8 Å². The molecule has 0 saturated heterocycles. The molecule has 0 spiro atoms. The molecular formula is C24H26F2N6O3S. The van der Waals surface area contributed by atoms with E-state index >= 15 is 4.39 Å².